The largest absolute Gasteiger partial charge is 0.494 e. The van der Waals surface area contributed by atoms with E-state index in [9.17, 15) is 14.5 Å². The standard InChI is InChI=1S/C14H16FN3O3S/c1-9-8-22-14(17-9)4-3-5-16-11-7-13(21-2)10(15)6-12(11)18(19)20/h6-8,16H,3-5H2,1-2H3. The molecule has 0 saturated carbocycles. The lowest BCUT2D eigenvalue weighted by molar-refractivity contribution is -0.384. The van der Waals surface area contributed by atoms with Gasteiger partial charge >= 0.3 is 0 Å². The van der Waals surface area contributed by atoms with Crippen LogP contribution < -0.4 is 10.1 Å². The van der Waals surface area contributed by atoms with Gasteiger partial charge < -0.3 is 10.1 Å². The van der Waals surface area contributed by atoms with Gasteiger partial charge in [0.1, 0.15) is 5.69 Å². The van der Waals surface area contributed by atoms with Crippen molar-refractivity contribution in [2.24, 2.45) is 0 Å². The Morgan fingerprint density at radius 1 is 1.50 bits per heavy atom. The van der Waals surface area contributed by atoms with Crippen molar-refractivity contribution < 1.29 is 14.1 Å². The number of aryl methyl sites for hydroxylation is 2. The van der Waals surface area contributed by atoms with Crippen LogP contribution in [-0.4, -0.2) is 23.6 Å². The zero-order valence-electron chi connectivity index (χ0n) is 12.3. The molecule has 0 atom stereocenters. The number of aromatic nitrogens is 1. The third-order valence-corrected chi connectivity index (χ3v) is 4.04. The maximum Gasteiger partial charge on any atom is 0.295 e. The smallest absolute Gasteiger partial charge is 0.295 e. The number of nitrogens with one attached hydrogen (secondary N) is 1. The maximum atomic E-state index is 13.5. The normalized spacial score (nSPS) is 10.5. The number of hydrogen-bond acceptors (Lipinski definition) is 6. The first-order chi connectivity index (χ1) is 10.5. The van der Waals surface area contributed by atoms with Crippen LogP contribution in [0.15, 0.2) is 17.5 Å². The number of thiazole rings is 1. The van der Waals surface area contributed by atoms with E-state index in [-0.39, 0.29) is 17.1 Å². The first-order valence-corrected chi connectivity index (χ1v) is 7.56. The fraction of sp³-hybridized carbons (Fsp3) is 0.357. The molecule has 22 heavy (non-hydrogen) atoms. The van der Waals surface area contributed by atoms with Crippen molar-refractivity contribution in [3.63, 3.8) is 0 Å². The van der Waals surface area contributed by atoms with E-state index in [0.717, 1.165) is 29.6 Å². The van der Waals surface area contributed by atoms with Crippen LogP contribution in [0.5, 0.6) is 5.75 Å². The Hall–Kier alpha value is -2.22. The van der Waals surface area contributed by atoms with E-state index < -0.39 is 10.7 Å². The van der Waals surface area contributed by atoms with Crippen molar-refractivity contribution in [2.45, 2.75) is 19.8 Å². The Labute approximate surface area is 131 Å². The van der Waals surface area contributed by atoms with E-state index in [4.69, 9.17) is 4.74 Å². The Morgan fingerprint density at radius 2 is 2.27 bits per heavy atom. The number of nitro groups is 1. The molecule has 0 aliphatic carbocycles. The van der Waals surface area contributed by atoms with Crippen LogP contribution in [0.1, 0.15) is 17.1 Å². The molecule has 0 fully saturated rings. The predicted molar refractivity (Wildman–Crippen MR) is 83.3 cm³/mol. The van der Waals surface area contributed by atoms with Crippen LogP contribution in [0.25, 0.3) is 0 Å². The number of ether oxygens (including phenoxy) is 1. The maximum absolute atomic E-state index is 13.5. The summed E-state index contributed by atoms with van der Waals surface area (Å²) in [5.74, 6) is -0.776. The molecule has 1 heterocycles. The van der Waals surface area contributed by atoms with Crippen molar-refractivity contribution in [2.75, 3.05) is 19.0 Å². The van der Waals surface area contributed by atoms with E-state index >= 15 is 0 Å². The number of hydrogen-bond donors (Lipinski definition) is 1. The molecule has 0 bridgehead atoms. The van der Waals surface area contributed by atoms with Gasteiger partial charge in [0.05, 0.1) is 23.1 Å². The third kappa shape index (κ3) is 3.91. The van der Waals surface area contributed by atoms with E-state index in [1.807, 2.05) is 12.3 Å². The van der Waals surface area contributed by atoms with Gasteiger partial charge in [0.25, 0.3) is 5.69 Å². The van der Waals surface area contributed by atoms with Gasteiger partial charge in [-0.05, 0) is 13.3 Å². The highest BCUT2D eigenvalue weighted by Gasteiger charge is 2.18. The number of rotatable bonds is 7. The molecule has 0 radical (unpaired) electrons. The highest BCUT2D eigenvalue weighted by atomic mass is 32.1. The van der Waals surface area contributed by atoms with Crippen LogP contribution in [0, 0.1) is 22.9 Å². The van der Waals surface area contributed by atoms with Gasteiger partial charge in [-0.3, -0.25) is 10.1 Å². The topological polar surface area (TPSA) is 77.3 Å². The lowest BCUT2D eigenvalue weighted by Crippen LogP contribution is -2.06. The van der Waals surface area contributed by atoms with Crippen molar-refractivity contribution in [3.8, 4) is 5.75 Å². The minimum Gasteiger partial charge on any atom is -0.494 e. The lowest BCUT2D eigenvalue weighted by Gasteiger charge is -2.09. The molecule has 2 aromatic rings. The number of nitro benzene ring substituents is 1. The Kier molecular flexibility index (Phi) is 5.26. The molecule has 2 rings (SSSR count). The molecule has 0 spiro atoms. The van der Waals surface area contributed by atoms with Gasteiger partial charge in [0.2, 0.25) is 0 Å². The average molecular weight is 325 g/mol. The Balaban J connectivity index is 2.00. The van der Waals surface area contributed by atoms with E-state index in [2.05, 4.69) is 10.3 Å². The fourth-order valence-corrected chi connectivity index (χ4v) is 2.79. The molecule has 6 nitrogen and oxygen atoms in total. The number of benzene rings is 1. The highest BCUT2D eigenvalue weighted by Crippen LogP contribution is 2.31. The molecule has 1 aromatic heterocycles. The number of nitrogens with zero attached hydrogens (tertiary/aromatic N) is 2. The van der Waals surface area contributed by atoms with Gasteiger partial charge in [-0.25, -0.2) is 9.37 Å². The van der Waals surface area contributed by atoms with Gasteiger partial charge in [-0.1, -0.05) is 0 Å². The molecule has 0 saturated heterocycles. The summed E-state index contributed by atoms with van der Waals surface area (Å²) in [6.07, 6.45) is 1.56. The molecular weight excluding hydrogens is 309 g/mol. The summed E-state index contributed by atoms with van der Waals surface area (Å²) in [4.78, 5) is 14.7. The molecule has 0 aliphatic rings. The summed E-state index contributed by atoms with van der Waals surface area (Å²) < 4.78 is 18.4. The molecule has 0 aliphatic heterocycles. The number of anilines is 1. The predicted octanol–water partition coefficient (Wildman–Crippen LogP) is 3.55. The Morgan fingerprint density at radius 3 is 2.86 bits per heavy atom. The SMILES string of the molecule is COc1cc(NCCCc2nc(C)cs2)c([N+](=O)[O-])cc1F. The van der Waals surface area contributed by atoms with Gasteiger partial charge in [-0.2, -0.15) is 0 Å². The molecule has 118 valence electrons. The highest BCUT2D eigenvalue weighted by molar-refractivity contribution is 7.09. The lowest BCUT2D eigenvalue weighted by atomic mass is 10.2. The monoisotopic (exact) mass is 325 g/mol. The van der Waals surface area contributed by atoms with Crippen LogP contribution >= 0.6 is 11.3 Å². The van der Waals surface area contributed by atoms with Crippen molar-refractivity contribution in [1.29, 1.82) is 0 Å². The summed E-state index contributed by atoms with van der Waals surface area (Å²) in [6.45, 7) is 2.46. The van der Waals surface area contributed by atoms with Gasteiger partial charge in [0, 0.05) is 30.1 Å². The van der Waals surface area contributed by atoms with Gasteiger partial charge in [0.15, 0.2) is 11.6 Å². The number of methoxy groups -OCH3 is 1. The van der Waals surface area contributed by atoms with Crippen LogP contribution in [0.4, 0.5) is 15.8 Å². The van der Waals surface area contributed by atoms with Crippen LogP contribution in [0.2, 0.25) is 0 Å². The average Bonchev–Trinajstić information content (AvgIpc) is 2.89. The summed E-state index contributed by atoms with van der Waals surface area (Å²) in [5, 5.41) is 17.0. The minimum atomic E-state index is -0.752. The van der Waals surface area contributed by atoms with Gasteiger partial charge in [-0.15, -0.1) is 11.3 Å². The van der Waals surface area contributed by atoms with Crippen molar-refractivity contribution in [1.82, 2.24) is 4.98 Å². The zero-order chi connectivity index (χ0) is 16.1. The van der Waals surface area contributed by atoms with E-state index in [0.29, 0.717) is 6.54 Å². The second-order valence-corrected chi connectivity index (χ2v) is 5.62. The summed E-state index contributed by atoms with van der Waals surface area (Å²) in [6, 6.07) is 2.17. The second-order valence-electron chi connectivity index (χ2n) is 4.67. The molecule has 1 N–H and O–H groups in total. The quantitative estimate of drug-likeness (QED) is 0.478. The summed E-state index contributed by atoms with van der Waals surface area (Å²) >= 11 is 1.60. The van der Waals surface area contributed by atoms with Crippen molar-refractivity contribution >= 4 is 22.7 Å². The number of halogens is 1. The molecule has 8 heteroatoms. The first-order valence-electron chi connectivity index (χ1n) is 6.68. The third-order valence-electron chi connectivity index (χ3n) is 3.02. The molecule has 0 unspecified atom stereocenters. The van der Waals surface area contributed by atoms with E-state index in [1.54, 1.807) is 11.3 Å². The summed E-state index contributed by atoms with van der Waals surface area (Å²) in [7, 11) is 1.32. The Bertz CT molecular complexity index is 675. The summed E-state index contributed by atoms with van der Waals surface area (Å²) in [5.41, 5.74) is 0.939. The molecular formula is C14H16FN3O3S. The van der Waals surface area contributed by atoms with Crippen molar-refractivity contribution in [3.05, 3.63) is 44.1 Å². The molecule has 1 aromatic carbocycles. The zero-order valence-corrected chi connectivity index (χ0v) is 13.1. The van der Waals surface area contributed by atoms with E-state index in [1.165, 1.54) is 13.2 Å². The van der Waals surface area contributed by atoms with Crippen LogP contribution in [-0.2, 0) is 6.42 Å². The first kappa shape index (κ1) is 16.2. The molecule has 0 amide bonds. The minimum absolute atomic E-state index is 0.0244. The fourth-order valence-electron chi connectivity index (χ4n) is 1.97. The van der Waals surface area contributed by atoms with Crippen LogP contribution in [0.3, 0.4) is 0 Å². The second kappa shape index (κ2) is 7.17.